The maximum Gasteiger partial charge on any atom is 0.193 e. The Labute approximate surface area is 243 Å². The second kappa shape index (κ2) is 13.6. The van der Waals surface area contributed by atoms with E-state index in [1.54, 1.807) is 19.9 Å². The number of rotatable bonds is 8. The van der Waals surface area contributed by atoms with Gasteiger partial charge in [-0.05, 0) is 62.2 Å². The summed E-state index contributed by atoms with van der Waals surface area (Å²) in [5, 5.41) is 11.4. The number of halogens is 2. The molecule has 0 heterocycles. The summed E-state index contributed by atoms with van der Waals surface area (Å²) in [4.78, 5) is 11.9. The van der Waals surface area contributed by atoms with Crippen LogP contribution < -0.4 is 0 Å². The first-order chi connectivity index (χ1) is 17.1. The molecular formula is C30H48Cl2O4Si2. The SMILES string of the molecule is CC(=O)[C@H](O[Si](C)(C)C(C)(C)C)c1ccccc1Cl.C[C@@H](O)[C@@H](O[Si](C)(C)C(C)(C)C)c1ccccc1Cl. The molecule has 214 valence electrons. The highest BCUT2D eigenvalue weighted by Crippen LogP contribution is 2.42. The smallest absolute Gasteiger partial charge is 0.193 e. The maximum absolute atomic E-state index is 11.9. The molecule has 0 aliphatic heterocycles. The molecule has 2 aromatic carbocycles. The number of hydrogen-bond donors (Lipinski definition) is 1. The van der Waals surface area contributed by atoms with E-state index < -0.39 is 28.8 Å². The highest BCUT2D eigenvalue weighted by Gasteiger charge is 2.41. The lowest BCUT2D eigenvalue weighted by molar-refractivity contribution is -0.124. The molecular weight excluding hydrogens is 551 g/mol. The van der Waals surface area contributed by atoms with E-state index in [1.807, 2.05) is 42.5 Å². The standard InChI is InChI=1S/C15H25ClO2Si.C15H23ClO2Si/c2*1-11(17)14(12-9-7-8-10-13(12)16)18-19(5,6)15(2,3)4/h7-11,14,17H,1-6H3;7-10,14H,1-6H3/t11-,14-;14-/m10/s1. The minimum atomic E-state index is -2.02. The van der Waals surface area contributed by atoms with Gasteiger partial charge in [0.05, 0.1) is 12.2 Å². The highest BCUT2D eigenvalue weighted by molar-refractivity contribution is 6.74. The first kappa shape index (κ1) is 35.0. The largest absolute Gasteiger partial charge is 0.407 e. The van der Waals surface area contributed by atoms with Gasteiger partial charge in [-0.3, -0.25) is 4.79 Å². The Morgan fingerprint density at radius 1 is 0.763 bits per heavy atom. The molecule has 3 atom stereocenters. The van der Waals surface area contributed by atoms with Crippen LogP contribution in [-0.4, -0.2) is 33.6 Å². The summed E-state index contributed by atoms with van der Waals surface area (Å²) in [6, 6.07) is 15.0. The Morgan fingerprint density at radius 3 is 1.47 bits per heavy atom. The number of carbonyl (C=O) groups excluding carboxylic acids is 1. The quantitative estimate of drug-likeness (QED) is 0.307. The van der Waals surface area contributed by atoms with E-state index in [0.29, 0.717) is 10.0 Å². The van der Waals surface area contributed by atoms with Crippen molar-refractivity contribution in [1.82, 2.24) is 0 Å². The van der Waals surface area contributed by atoms with Gasteiger partial charge in [0.1, 0.15) is 6.10 Å². The molecule has 1 N–H and O–H groups in total. The van der Waals surface area contributed by atoms with Crippen LogP contribution in [0.15, 0.2) is 48.5 Å². The minimum Gasteiger partial charge on any atom is -0.407 e. The van der Waals surface area contributed by atoms with Gasteiger partial charge >= 0.3 is 0 Å². The average Bonchev–Trinajstić information content (AvgIpc) is 2.75. The van der Waals surface area contributed by atoms with Crippen LogP contribution in [0.25, 0.3) is 0 Å². The Balaban J connectivity index is 0.000000380. The van der Waals surface area contributed by atoms with E-state index in [4.69, 9.17) is 32.1 Å². The number of hydrogen-bond acceptors (Lipinski definition) is 4. The van der Waals surface area contributed by atoms with E-state index in [0.717, 1.165) is 11.1 Å². The van der Waals surface area contributed by atoms with Crippen LogP contribution in [-0.2, 0) is 13.6 Å². The molecule has 8 heteroatoms. The maximum atomic E-state index is 11.9. The Kier molecular flexibility index (Phi) is 12.5. The number of aliphatic hydroxyl groups excluding tert-OH is 1. The topological polar surface area (TPSA) is 55.8 Å². The molecule has 4 nitrogen and oxygen atoms in total. The lowest BCUT2D eigenvalue weighted by Crippen LogP contribution is -2.43. The fraction of sp³-hybridized carbons (Fsp3) is 0.567. The number of Topliss-reactive ketones (excluding diaryl/α,β-unsaturated/α-hetero) is 1. The summed E-state index contributed by atoms with van der Waals surface area (Å²) in [6.45, 7) is 25.0. The molecule has 0 bridgehead atoms. The zero-order valence-electron chi connectivity index (χ0n) is 25.3. The monoisotopic (exact) mass is 598 g/mol. The predicted molar refractivity (Wildman–Crippen MR) is 167 cm³/mol. The number of benzene rings is 2. The van der Waals surface area contributed by atoms with Crippen molar-refractivity contribution < 1.29 is 18.8 Å². The van der Waals surface area contributed by atoms with Crippen molar-refractivity contribution >= 4 is 45.6 Å². The zero-order valence-corrected chi connectivity index (χ0v) is 28.8. The van der Waals surface area contributed by atoms with Crippen LogP contribution >= 0.6 is 23.2 Å². The van der Waals surface area contributed by atoms with E-state index in [1.165, 1.54) is 0 Å². The van der Waals surface area contributed by atoms with Crippen LogP contribution in [0.3, 0.4) is 0 Å². The fourth-order valence-electron chi connectivity index (χ4n) is 3.15. The van der Waals surface area contributed by atoms with Gasteiger partial charge in [0.25, 0.3) is 0 Å². The number of ketones is 1. The van der Waals surface area contributed by atoms with Crippen molar-refractivity contribution in [2.45, 2.75) is 110 Å². The molecule has 0 saturated heterocycles. The molecule has 0 saturated carbocycles. The highest BCUT2D eigenvalue weighted by atomic mass is 35.5. The number of carbonyl (C=O) groups is 1. The third-order valence-corrected chi connectivity index (χ3v) is 17.2. The molecule has 0 aliphatic rings. The van der Waals surface area contributed by atoms with Gasteiger partial charge in [-0.25, -0.2) is 0 Å². The summed E-state index contributed by atoms with van der Waals surface area (Å²) in [6.07, 6.45) is -1.52. The lowest BCUT2D eigenvalue weighted by atomic mass is 10.1. The minimum absolute atomic E-state index is 0.00192. The average molecular weight is 600 g/mol. The summed E-state index contributed by atoms with van der Waals surface area (Å²) >= 11 is 12.4. The fourth-order valence-corrected chi connectivity index (χ4v) is 6.17. The van der Waals surface area contributed by atoms with E-state index in [2.05, 4.69) is 67.7 Å². The lowest BCUT2D eigenvalue weighted by Gasteiger charge is -2.40. The van der Waals surface area contributed by atoms with Crippen LogP contribution in [0.4, 0.5) is 0 Å². The summed E-state index contributed by atoms with van der Waals surface area (Å²) in [7, 11) is -3.97. The Hall–Kier alpha value is -0.996. The third-order valence-electron chi connectivity index (χ3n) is 7.65. The van der Waals surface area contributed by atoms with Gasteiger partial charge in [0.2, 0.25) is 0 Å². The molecule has 0 amide bonds. The van der Waals surface area contributed by atoms with Crippen molar-refractivity contribution in [3.63, 3.8) is 0 Å². The van der Waals surface area contributed by atoms with Crippen molar-refractivity contribution in [3.05, 3.63) is 69.7 Å². The molecule has 0 radical (unpaired) electrons. The van der Waals surface area contributed by atoms with Gasteiger partial charge in [0.15, 0.2) is 22.4 Å². The van der Waals surface area contributed by atoms with E-state index >= 15 is 0 Å². The molecule has 38 heavy (non-hydrogen) atoms. The summed E-state index contributed by atoms with van der Waals surface area (Å²) in [5.74, 6) is -0.00192. The molecule has 0 unspecified atom stereocenters. The second-order valence-corrected chi connectivity index (χ2v) is 23.3. The van der Waals surface area contributed by atoms with Gasteiger partial charge in [-0.15, -0.1) is 0 Å². The van der Waals surface area contributed by atoms with E-state index in [9.17, 15) is 9.90 Å². The molecule has 2 aromatic rings. The molecule has 0 aliphatic carbocycles. The molecule has 0 fully saturated rings. The Bertz CT molecular complexity index is 1060. The zero-order chi connectivity index (χ0) is 29.7. The normalized spacial score (nSPS) is 15.2. The van der Waals surface area contributed by atoms with Gasteiger partial charge in [0, 0.05) is 21.2 Å². The van der Waals surface area contributed by atoms with Crippen molar-refractivity contribution in [3.8, 4) is 0 Å². The number of aliphatic hydroxyl groups is 1. The van der Waals surface area contributed by atoms with Gasteiger partial charge in [-0.2, -0.15) is 0 Å². The first-order valence-electron chi connectivity index (χ1n) is 13.2. The Morgan fingerprint density at radius 2 is 1.13 bits per heavy atom. The van der Waals surface area contributed by atoms with Crippen molar-refractivity contribution in [1.29, 1.82) is 0 Å². The third kappa shape index (κ3) is 9.58. The molecule has 2 rings (SSSR count). The summed E-state index contributed by atoms with van der Waals surface area (Å²) < 4.78 is 12.6. The second-order valence-electron chi connectivity index (χ2n) is 13.0. The van der Waals surface area contributed by atoms with Gasteiger partial charge in [-0.1, -0.05) is 101 Å². The first-order valence-corrected chi connectivity index (χ1v) is 19.7. The van der Waals surface area contributed by atoms with Crippen LogP contribution in [0.5, 0.6) is 0 Å². The van der Waals surface area contributed by atoms with Crippen LogP contribution in [0.2, 0.25) is 46.3 Å². The molecule has 0 aromatic heterocycles. The van der Waals surface area contributed by atoms with Crippen LogP contribution in [0.1, 0.15) is 78.7 Å². The molecule has 0 spiro atoms. The van der Waals surface area contributed by atoms with Crippen molar-refractivity contribution in [2.75, 3.05) is 0 Å². The summed E-state index contributed by atoms with van der Waals surface area (Å²) in [5.41, 5.74) is 1.63. The predicted octanol–water partition coefficient (Wildman–Crippen LogP) is 9.78. The van der Waals surface area contributed by atoms with Gasteiger partial charge < -0.3 is 14.0 Å². The van der Waals surface area contributed by atoms with E-state index in [-0.39, 0.29) is 22.0 Å². The van der Waals surface area contributed by atoms with Crippen molar-refractivity contribution in [2.24, 2.45) is 0 Å². The van der Waals surface area contributed by atoms with Crippen LogP contribution in [0, 0.1) is 0 Å².